The fourth-order valence-electron chi connectivity index (χ4n) is 5.34. The summed E-state index contributed by atoms with van der Waals surface area (Å²) >= 11 is 18.5. The van der Waals surface area contributed by atoms with Crippen LogP contribution in [0.25, 0.3) is 0 Å². The number of sulfonamides is 1. The van der Waals surface area contributed by atoms with Gasteiger partial charge in [0.25, 0.3) is 0 Å². The fraction of sp³-hybridized carbons (Fsp3) is 0.520. The lowest BCUT2D eigenvalue weighted by Gasteiger charge is -2.40. The van der Waals surface area contributed by atoms with E-state index in [1.807, 2.05) is 30.9 Å². The number of carbonyl (C=O) groups is 1. The third-order valence-electron chi connectivity index (χ3n) is 7.54. The zero-order chi connectivity index (χ0) is 27.1. The molecule has 12 heteroatoms. The lowest BCUT2D eigenvalue weighted by molar-refractivity contribution is 0.0636. The van der Waals surface area contributed by atoms with Gasteiger partial charge in [-0.25, -0.2) is 18.2 Å². The number of likely N-dealkylation sites (tertiary alicyclic amines) is 1. The highest BCUT2D eigenvalue weighted by Gasteiger charge is 2.51. The number of aromatic nitrogens is 1. The number of rotatable bonds is 5. The average Bonchev–Trinajstić information content (AvgIpc) is 3.19. The molecule has 2 aliphatic heterocycles. The first-order valence-corrected chi connectivity index (χ1v) is 15.0. The van der Waals surface area contributed by atoms with E-state index in [9.17, 15) is 13.2 Å². The zero-order valence-electron chi connectivity index (χ0n) is 21.2. The number of halogens is 3. The molecule has 1 aromatic carbocycles. The summed E-state index contributed by atoms with van der Waals surface area (Å²) in [5.41, 5.74) is 0.468. The van der Waals surface area contributed by atoms with Crippen LogP contribution >= 0.6 is 34.8 Å². The van der Waals surface area contributed by atoms with Gasteiger partial charge in [0.05, 0.1) is 21.3 Å². The van der Waals surface area contributed by atoms with Gasteiger partial charge in [-0.2, -0.15) is 4.31 Å². The number of urea groups is 1. The van der Waals surface area contributed by atoms with Gasteiger partial charge in [-0.3, -0.25) is 0 Å². The topological polar surface area (TPSA) is 83.1 Å². The van der Waals surface area contributed by atoms with Crippen molar-refractivity contribution in [2.24, 2.45) is 5.41 Å². The summed E-state index contributed by atoms with van der Waals surface area (Å²) in [7, 11) is -3.33. The maximum atomic E-state index is 13.7. The van der Waals surface area contributed by atoms with E-state index >= 15 is 0 Å². The van der Waals surface area contributed by atoms with Crippen LogP contribution in [0.1, 0.15) is 32.3 Å². The lowest BCUT2D eigenvalue weighted by atomic mass is 9.72. The number of hydrogen-bond acceptors (Lipinski definition) is 5. The standard InChI is InChI=1S/C25H31Cl3N4O4S/c1-16-13-30(9-10-32(16)37(4,34)35)24(33)31-14-20(18-5-7-21(27)22(28)11-18)25(3,15-31)17(2)36-23-8-6-19(26)12-29-23/h5-8,11-12,16-17,20H,9-10,13-15H2,1-4H3/t16-,17-,20+,25+/m1/s1. The predicted molar refractivity (Wildman–Crippen MR) is 146 cm³/mol. The van der Waals surface area contributed by atoms with Crippen LogP contribution < -0.4 is 4.74 Å². The molecule has 2 fully saturated rings. The number of piperazine rings is 1. The van der Waals surface area contributed by atoms with Crippen molar-refractivity contribution in [2.45, 2.75) is 38.8 Å². The van der Waals surface area contributed by atoms with Gasteiger partial charge in [-0.1, -0.05) is 47.8 Å². The van der Waals surface area contributed by atoms with Crippen LogP contribution in [0, 0.1) is 5.41 Å². The third kappa shape index (κ3) is 5.96. The first-order chi connectivity index (χ1) is 17.3. The maximum absolute atomic E-state index is 13.7. The molecule has 4 atom stereocenters. The van der Waals surface area contributed by atoms with Crippen LogP contribution in [0.15, 0.2) is 36.5 Å². The minimum atomic E-state index is -3.33. The van der Waals surface area contributed by atoms with Crippen molar-refractivity contribution in [3.8, 4) is 5.88 Å². The normalized spacial score (nSPS) is 25.8. The summed E-state index contributed by atoms with van der Waals surface area (Å²) in [6, 6.07) is 8.57. The Hall–Kier alpha value is -1.78. The van der Waals surface area contributed by atoms with E-state index < -0.39 is 15.4 Å². The Morgan fingerprint density at radius 1 is 1.11 bits per heavy atom. The second-order valence-electron chi connectivity index (χ2n) is 10.1. The van der Waals surface area contributed by atoms with Crippen molar-refractivity contribution in [3.05, 3.63) is 57.2 Å². The van der Waals surface area contributed by atoms with E-state index in [1.165, 1.54) is 16.8 Å². The van der Waals surface area contributed by atoms with Gasteiger partial charge < -0.3 is 14.5 Å². The van der Waals surface area contributed by atoms with Gasteiger partial charge in [-0.05, 0) is 37.6 Å². The highest BCUT2D eigenvalue weighted by atomic mass is 35.5. The molecule has 4 rings (SSSR count). The molecule has 3 heterocycles. The van der Waals surface area contributed by atoms with Gasteiger partial charge in [0.2, 0.25) is 15.9 Å². The van der Waals surface area contributed by atoms with E-state index in [0.717, 1.165) is 5.56 Å². The van der Waals surface area contributed by atoms with Crippen molar-refractivity contribution in [2.75, 3.05) is 39.0 Å². The first kappa shape index (κ1) is 28.2. The van der Waals surface area contributed by atoms with Crippen LogP contribution in [0.2, 0.25) is 15.1 Å². The molecule has 0 aliphatic carbocycles. The molecule has 0 bridgehead atoms. The molecular weight excluding hydrogens is 559 g/mol. The molecule has 2 aliphatic rings. The molecule has 2 saturated heterocycles. The van der Waals surface area contributed by atoms with E-state index in [-0.39, 0.29) is 30.6 Å². The highest BCUT2D eigenvalue weighted by molar-refractivity contribution is 7.88. The van der Waals surface area contributed by atoms with Crippen molar-refractivity contribution in [1.29, 1.82) is 0 Å². The minimum Gasteiger partial charge on any atom is -0.474 e. The van der Waals surface area contributed by atoms with E-state index in [4.69, 9.17) is 39.5 Å². The highest BCUT2D eigenvalue weighted by Crippen LogP contribution is 2.47. The fourth-order valence-corrected chi connectivity index (χ4v) is 6.89. The molecule has 0 saturated carbocycles. The number of nitrogens with zero attached hydrogens (tertiary/aromatic N) is 4. The Morgan fingerprint density at radius 3 is 2.43 bits per heavy atom. The number of pyridine rings is 1. The Balaban J connectivity index is 1.59. The average molecular weight is 590 g/mol. The molecule has 1 aromatic heterocycles. The Labute approximate surface area is 233 Å². The molecule has 37 heavy (non-hydrogen) atoms. The van der Waals surface area contributed by atoms with Crippen molar-refractivity contribution < 1.29 is 17.9 Å². The second-order valence-corrected chi connectivity index (χ2v) is 13.3. The van der Waals surface area contributed by atoms with Crippen LogP contribution in [0.5, 0.6) is 5.88 Å². The van der Waals surface area contributed by atoms with E-state index in [1.54, 1.807) is 23.1 Å². The summed E-state index contributed by atoms with van der Waals surface area (Å²) in [5.74, 6) is 0.352. The minimum absolute atomic E-state index is 0.0942. The van der Waals surface area contributed by atoms with Crippen LogP contribution in [-0.4, -0.2) is 84.7 Å². The summed E-state index contributed by atoms with van der Waals surface area (Å²) in [6.45, 7) is 7.72. The molecular formula is C25H31Cl3N4O4S. The summed E-state index contributed by atoms with van der Waals surface area (Å²) in [5, 5.41) is 1.43. The third-order valence-corrected chi connectivity index (χ3v) is 9.89. The van der Waals surface area contributed by atoms with E-state index in [2.05, 4.69) is 11.9 Å². The number of hydrogen-bond donors (Lipinski definition) is 0. The molecule has 0 radical (unpaired) electrons. The first-order valence-electron chi connectivity index (χ1n) is 12.0. The Morgan fingerprint density at radius 2 is 1.84 bits per heavy atom. The van der Waals surface area contributed by atoms with Crippen LogP contribution in [-0.2, 0) is 10.0 Å². The number of amides is 2. The van der Waals surface area contributed by atoms with Crippen molar-refractivity contribution >= 4 is 50.9 Å². The summed E-state index contributed by atoms with van der Waals surface area (Å²) < 4.78 is 31.8. The molecule has 202 valence electrons. The van der Waals surface area contributed by atoms with Crippen molar-refractivity contribution in [1.82, 2.24) is 19.1 Å². The molecule has 8 nitrogen and oxygen atoms in total. The van der Waals surface area contributed by atoms with Gasteiger partial charge in [0, 0.05) is 62.4 Å². The molecule has 0 N–H and O–H groups in total. The molecule has 0 unspecified atom stereocenters. The van der Waals surface area contributed by atoms with Crippen LogP contribution in [0.4, 0.5) is 4.79 Å². The quantitative estimate of drug-likeness (QED) is 0.490. The zero-order valence-corrected chi connectivity index (χ0v) is 24.3. The van der Waals surface area contributed by atoms with Gasteiger partial charge in [0.15, 0.2) is 0 Å². The van der Waals surface area contributed by atoms with Crippen LogP contribution in [0.3, 0.4) is 0 Å². The predicted octanol–water partition coefficient (Wildman–Crippen LogP) is 5.00. The molecule has 2 aromatic rings. The molecule has 2 amide bonds. The monoisotopic (exact) mass is 588 g/mol. The van der Waals surface area contributed by atoms with Crippen molar-refractivity contribution in [3.63, 3.8) is 0 Å². The van der Waals surface area contributed by atoms with Gasteiger partial charge >= 0.3 is 6.03 Å². The Bertz CT molecular complexity index is 1260. The number of benzene rings is 1. The number of ether oxygens (including phenoxy) is 1. The summed E-state index contributed by atoms with van der Waals surface area (Å²) in [4.78, 5) is 21.5. The summed E-state index contributed by atoms with van der Waals surface area (Å²) in [6.07, 6.45) is 2.41. The number of carbonyl (C=O) groups excluding carboxylic acids is 1. The molecule has 0 spiro atoms. The smallest absolute Gasteiger partial charge is 0.320 e. The van der Waals surface area contributed by atoms with Gasteiger partial charge in [0.1, 0.15) is 6.10 Å². The second kappa shape index (κ2) is 10.8. The van der Waals surface area contributed by atoms with E-state index in [0.29, 0.717) is 47.1 Å². The maximum Gasteiger partial charge on any atom is 0.320 e. The Kier molecular flexibility index (Phi) is 8.22. The lowest BCUT2D eigenvalue weighted by Crippen LogP contribution is -2.57. The van der Waals surface area contributed by atoms with Gasteiger partial charge in [-0.15, -0.1) is 0 Å². The SMILES string of the molecule is C[C@@H]1CN(C(=O)N2C[C@@H](c3ccc(Cl)c(Cl)c3)[C@](C)([C@@H](C)Oc3ccc(Cl)cn3)C2)CCN1S(C)(=O)=O. The largest absolute Gasteiger partial charge is 0.474 e.